The monoisotopic (exact) mass is 415 g/mol. The number of ketones is 1. The minimum Gasteiger partial charge on any atom is -0.378 e. The van der Waals surface area contributed by atoms with Crippen molar-refractivity contribution in [3.63, 3.8) is 0 Å². The standard InChI is InChI=1S/C22H21N7O2/c1-14-27-19(9-20(28-14)29-4-6-31-7-5-29)21(30)18-8-15(10-23)2-3-17(18)22-25-12-16(11-24)13-26-22/h2-3,8-9,12-13H,4-7,11,24H2,1H3. The maximum atomic E-state index is 13.5. The fourth-order valence-electron chi connectivity index (χ4n) is 3.36. The molecule has 9 heteroatoms. The maximum absolute atomic E-state index is 13.5. The zero-order chi connectivity index (χ0) is 21.8. The van der Waals surface area contributed by atoms with E-state index in [0.29, 0.717) is 67.0 Å². The number of anilines is 1. The Morgan fingerprint density at radius 3 is 2.61 bits per heavy atom. The minimum atomic E-state index is -0.321. The average Bonchev–Trinajstić information content (AvgIpc) is 2.83. The lowest BCUT2D eigenvalue weighted by Crippen LogP contribution is -2.37. The van der Waals surface area contributed by atoms with E-state index in [4.69, 9.17) is 10.5 Å². The minimum absolute atomic E-state index is 0.254. The van der Waals surface area contributed by atoms with Crippen molar-refractivity contribution in [3.05, 3.63) is 64.9 Å². The summed E-state index contributed by atoms with van der Waals surface area (Å²) in [6, 6.07) is 8.62. The summed E-state index contributed by atoms with van der Waals surface area (Å²) in [6.07, 6.45) is 3.25. The van der Waals surface area contributed by atoms with Crippen molar-refractivity contribution in [1.82, 2.24) is 19.9 Å². The molecule has 9 nitrogen and oxygen atoms in total. The normalized spacial score (nSPS) is 13.6. The third kappa shape index (κ3) is 4.40. The van der Waals surface area contributed by atoms with Gasteiger partial charge in [0.1, 0.15) is 17.3 Å². The number of hydrogen-bond acceptors (Lipinski definition) is 9. The summed E-state index contributed by atoms with van der Waals surface area (Å²) in [4.78, 5) is 33.1. The number of rotatable bonds is 5. The Bertz CT molecular complexity index is 1150. The van der Waals surface area contributed by atoms with Crippen molar-refractivity contribution in [3.8, 4) is 17.5 Å². The highest BCUT2D eigenvalue weighted by atomic mass is 16.5. The first-order valence-electron chi connectivity index (χ1n) is 9.87. The maximum Gasteiger partial charge on any atom is 0.212 e. The van der Waals surface area contributed by atoms with Crippen LogP contribution in [0.4, 0.5) is 5.82 Å². The van der Waals surface area contributed by atoms with Crippen LogP contribution in [0.1, 0.15) is 33.0 Å². The van der Waals surface area contributed by atoms with Gasteiger partial charge in [0, 0.05) is 54.8 Å². The highest BCUT2D eigenvalue weighted by molar-refractivity contribution is 6.12. The van der Waals surface area contributed by atoms with Crippen molar-refractivity contribution >= 4 is 11.6 Å². The number of benzene rings is 1. The van der Waals surface area contributed by atoms with Gasteiger partial charge in [0.15, 0.2) is 5.82 Å². The van der Waals surface area contributed by atoms with Gasteiger partial charge in [-0.3, -0.25) is 4.79 Å². The first-order valence-corrected chi connectivity index (χ1v) is 9.87. The van der Waals surface area contributed by atoms with E-state index in [9.17, 15) is 10.1 Å². The SMILES string of the molecule is Cc1nc(C(=O)c2cc(C#N)ccc2-c2ncc(CN)cn2)cc(N2CCOCC2)n1. The number of carbonyl (C=O) groups excluding carboxylic acids is 1. The van der Waals surface area contributed by atoms with E-state index in [1.54, 1.807) is 43.6 Å². The summed E-state index contributed by atoms with van der Waals surface area (Å²) < 4.78 is 5.40. The first-order chi connectivity index (χ1) is 15.1. The Balaban J connectivity index is 1.77. The summed E-state index contributed by atoms with van der Waals surface area (Å²) in [5, 5.41) is 9.35. The van der Waals surface area contributed by atoms with Gasteiger partial charge < -0.3 is 15.4 Å². The van der Waals surface area contributed by atoms with Gasteiger partial charge in [0.25, 0.3) is 0 Å². The van der Waals surface area contributed by atoms with E-state index < -0.39 is 0 Å². The third-order valence-electron chi connectivity index (χ3n) is 4.97. The molecule has 156 valence electrons. The number of nitrogens with zero attached hydrogens (tertiary/aromatic N) is 6. The Kier molecular flexibility index (Phi) is 5.93. The van der Waals surface area contributed by atoms with Crippen molar-refractivity contribution in [2.24, 2.45) is 5.73 Å². The van der Waals surface area contributed by atoms with Gasteiger partial charge in [-0.2, -0.15) is 5.26 Å². The number of aryl methyl sites for hydroxylation is 1. The van der Waals surface area contributed by atoms with E-state index in [0.717, 1.165) is 5.56 Å². The lowest BCUT2D eigenvalue weighted by atomic mass is 9.98. The second-order valence-electron chi connectivity index (χ2n) is 7.08. The number of morpholine rings is 1. The van der Waals surface area contributed by atoms with Crippen LogP contribution in [0, 0.1) is 18.3 Å². The Hall–Kier alpha value is -3.74. The second-order valence-corrected chi connectivity index (χ2v) is 7.08. The largest absolute Gasteiger partial charge is 0.378 e. The van der Waals surface area contributed by atoms with Crippen molar-refractivity contribution in [2.45, 2.75) is 13.5 Å². The van der Waals surface area contributed by atoms with Gasteiger partial charge in [-0.05, 0) is 25.1 Å². The van der Waals surface area contributed by atoms with E-state index in [1.165, 1.54) is 0 Å². The molecule has 0 atom stereocenters. The van der Waals surface area contributed by atoms with E-state index in [-0.39, 0.29) is 11.5 Å². The van der Waals surface area contributed by atoms with Gasteiger partial charge >= 0.3 is 0 Å². The molecule has 1 aliphatic rings. The molecule has 2 N–H and O–H groups in total. The Morgan fingerprint density at radius 2 is 1.94 bits per heavy atom. The molecule has 1 fully saturated rings. The summed E-state index contributed by atoms with van der Waals surface area (Å²) in [6.45, 7) is 4.68. The topological polar surface area (TPSA) is 131 Å². The second kappa shape index (κ2) is 8.95. The molecular weight excluding hydrogens is 394 g/mol. The Morgan fingerprint density at radius 1 is 1.19 bits per heavy atom. The quantitative estimate of drug-likeness (QED) is 0.618. The molecule has 0 amide bonds. The van der Waals surface area contributed by atoms with Crippen LogP contribution in [-0.2, 0) is 11.3 Å². The molecule has 0 unspecified atom stereocenters. The molecule has 0 spiro atoms. The highest BCUT2D eigenvalue weighted by Crippen LogP contribution is 2.25. The molecule has 4 rings (SSSR count). The number of aromatic nitrogens is 4. The molecule has 0 radical (unpaired) electrons. The van der Waals surface area contributed by atoms with Gasteiger partial charge in [-0.1, -0.05) is 0 Å². The zero-order valence-corrected chi connectivity index (χ0v) is 17.1. The molecule has 3 aromatic rings. The fourth-order valence-corrected chi connectivity index (χ4v) is 3.36. The van der Waals surface area contributed by atoms with E-state index in [2.05, 4.69) is 30.9 Å². The molecule has 1 aromatic carbocycles. The average molecular weight is 415 g/mol. The summed E-state index contributed by atoms with van der Waals surface area (Å²) in [5.41, 5.74) is 7.86. The molecule has 0 saturated carbocycles. The summed E-state index contributed by atoms with van der Waals surface area (Å²) >= 11 is 0. The molecule has 1 aliphatic heterocycles. The Labute approximate surface area is 179 Å². The molecule has 0 aliphatic carbocycles. The first kappa shape index (κ1) is 20.5. The van der Waals surface area contributed by atoms with Crippen molar-refractivity contribution in [1.29, 1.82) is 5.26 Å². The van der Waals surface area contributed by atoms with Gasteiger partial charge in [0.2, 0.25) is 5.78 Å². The fraction of sp³-hybridized carbons (Fsp3) is 0.273. The number of nitrogens with two attached hydrogens (primary N) is 1. The number of hydrogen-bond donors (Lipinski definition) is 1. The smallest absolute Gasteiger partial charge is 0.212 e. The highest BCUT2D eigenvalue weighted by Gasteiger charge is 2.21. The van der Waals surface area contributed by atoms with Gasteiger partial charge in [-0.25, -0.2) is 19.9 Å². The van der Waals surface area contributed by atoms with Crippen molar-refractivity contribution in [2.75, 3.05) is 31.2 Å². The van der Waals surface area contributed by atoms with Crippen LogP contribution in [0.5, 0.6) is 0 Å². The van der Waals surface area contributed by atoms with E-state index in [1.807, 2.05) is 0 Å². The predicted molar refractivity (Wildman–Crippen MR) is 113 cm³/mol. The number of nitriles is 1. The lowest BCUT2D eigenvalue weighted by Gasteiger charge is -2.28. The van der Waals surface area contributed by atoms with Crippen LogP contribution in [0.15, 0.2) is 36.7 Å². The molecule has 1 saturated heterocycles. The van der Waals surface area contributed by atoms with Crippen LogP contribution >= 0.6 is 0 Å². The lowest BCUT2D eigenvalue weighted by molar-refractivity contribution is 0.103. The van der Waals surface area contributed by atoms with Crippen LogP contribution in [0.25, 0.3) is 11.4 Å². The number of carbonyl (C=O) groups is 1. The zero-order valence-electron chi connectivity index (χ0n) is 17.1. The molecule has 3 heterocycles. The molecular formula is C22H21N7O2. The molecule has 0 bridgehead atoms. The van der Waals surface area contributed by atoms with Crippen LogP contribution in [0.3, 0.4) is 0 Å². The predicted octanol–water partition coefficient (Wildman–Crippen LogP) is 1.64. The van der Waals surface area contributed by atoms with E-state index >= 15 is 0 Å². The van der Waals surface area contributed by atoms with Crippen LogP contribution in [0.2, 0.25) is 0 Å². The third-order valence-corrected chi connectivity index (χ3v) is 4.97. The van der Waals surface area contributed by atoms with Gasteiger partial charge in [-0.15, -0.1) is 0 Å². The van der Waals surface area contributed by atoms with Crippen LogP contribution in [-0.4, -0.2) is 52.0 Å². The van der Waals surface area contributed by atoms with Gasteiger partial charge in [0.05, 0.1) is 24.8 Å². The molecule has 2 aromatic heterocycles. The van der Waals surface area contributed by atoms with Crippen molar-refractivity contribution < 1.29 is 9.53 Å². The molecule has 31 heavy (non-hydrogen) atoms. The summed E-state index contributed by atoms with van der Waals surface area (Å²) in [7, 11) is 0. The van der Waals surface area contributed by atoms with Crippen LogP contribution < -0.4 is 10.6 Å². The number of ether oxygens (including phenoxy) is 1. The summed E-state index contributed by atoms with van der Waals surface area (Å²) in [5.74, 6) is 1.23.